The Labute approximate surface area is 191 Å². The molecule has 4 rings (SSSR count). The van der Waals surface area contributed by atoms with E-state index >= 15 is 0 Å². The van der Waals surface area contributed by atoms with Gasteiger partial charge in [-0.1, -0.05) is 25.1 Å². The zero-order chi connectivity index (χ0) is 22.8. The number of rotatable bonds is 5. The average molecular weight is 435 g/mol. The molecule has 2 aromatic rings. The molecule has 170 valence electrons. The van der Waals surface area contributed by atoms with E-state index in [9.17, 15) is 9.59 Å². The Balaban J connectivity index is 1.63. The number of carbonyl (C=O) groups excluding carboxylic acids is 2. The summed E-state index contributed by atoms with van der Waals surface area (Å²) < 4.78 is 0. The van der Waals surface area contributed by atoms with Gasteiger partial charge < -0.3 is 4.90 Å². The van der Waals surface area contributed by atoms with Crippen LogP contribution in [0.4, 0.5) is 5.82 Å². The van der Waals surface area contributed by atoms with Crippen LogP contribution in [0.1, 0.15) is 78.8 Å². The van der Waals surface area contributed by atoms with Crippen LogP contribution < -0.4 is 4.90 Å². The molecule has 32 heavy (non-hydrogen) atoms. The highest BCUT2D eigenvalue weighted by Crippen LogP contribution is 2.34. The van der Waals surface area contributed by atoms with Gasteiger partial charge in [0.1, 0.15) is 5.82 Å². The third kappa shape index (κ3) is 4.41. The molecule has 1 aromatic carbocycles. The van der Waals surface area contributed by atoms with Gasteiger partial charge in [-0.15, -0.1) is 0 Å². The van der Waals surface area contributed by atoms with E-state index in [1.54, 1.807) is 0 Å². The number of fused-ring (bicyclic) bond motifs is 1. The lowest BCUT2D eigenvalue weighted by Gasteiger charge is -2.36. The highest BCUT2D eigenvalue weighted by atomic mass is 16.2. The molecular formula is C26H34N4O2. The predicted molar refractivity (Wildman–Crippen MR) is 126 cm³/mol. The molecule has 3 heterocycles. The van der Waals surface area contributed by atoms with E-state index < -0.39 is 0 Å². The SMILES string of the molecule is CCCN1C(=O)CCc2c(C)nc([C@H]3CCCCN3C(=O)Cc3ccc(C)c(C)c3)nc21. The summed E-state index contributed by atoms with van der Waals surface area (Å²) in [6.07, 6.45) is 5.39. The Kier molecular flexibility index (Phi) is 6.58. The number of likely N-dealkylation sites (tertiary alicyclic amines) is 1. The molecule has 1 fully saturated rings. The Morgan fingerprint density at radius 2 is 1.91 bits per heavy atom. The van der Waals surface area contributed by atoms with Gasteiger partial charge in [-0.25, -0.2) is 9.97 Å². The van der Waals surface area contributed by atoms with Gasteiger partial charge in [-0.3, -0.25) is 14.5 Å². The van der Waals surface area contributed by atoms with Crippen molar-refractivity contribution >= 4 is 17.6 Å². The van der Waals surface area contributed by atoms with Crippen LogP contribution in [-0.4, -0.2) is 39.8 Å². The molecule has 1 atom stereocenters. The molecule has 2 amide bonds. The second-order valence-electron chi connectivity index (χ2n) is 9.21. The number of nitrogens with zero attached hydrogens (tertiary/aromatic N) is 4. The van der Waals surface area contributed by atoms with E-state index in [1.807, 2.05) is 22.8 Å². The van der Waals surface area contributed by atoms with Crippen molar-refractivity contribution in [2.45, 2.75) is 78.7 Å². The molecule has 0 saturated carbocycles. The quantitative estimate of drug-likeness (QED) is 0.700. The summed E-state index contributed by atoms with van der Waals surface area (Å²) in [5.41, 5.74) is 5.50. The minimum Gasteiger partial charge on any atom is -0.332 e. The van der Waals surface area contributed by atoms with Crippen LogP contribution in [0.15, 0.2) is 18.2 Å². The minimum absolute atomic E-state index is 0.124. The van der Waals surface area contributed by atoms with Gasteiger partial charge in [0.2, 0.25) is 11.8 Å². The molecule has 6 heteroatoms. The molecule has 2 aliphatic rings. The summed E-state index contributed by atoms with van der Waals surface area (Å²) in [4.78, 5) is 39.5. The molecule has 0 aliphatic carbocycles. The standard InChI is InChI=1S/C26H34N4O2/c1-5-13-30-23(31)12-11-21-19(4)27-25(28-26(21)30)22-8-6-7-14-29(22)24(32)16-20-10-9-17(2)18(3)15-20/h9-10,15,22H,5-8,11-14,16H2,1-4H3/t22-/m1/s1. The molecule has 0 radical (unpaired) electrons. The van der Waals surface area contributed by atoms with Crippen LogP contribution in [0, 0.1) is 20.8 Å². The molecule has 0 N–H and O–H groups in total. The van der Waals surface area contributed by atoms with Gasteiger partial charge in [-0.2, -0.15) is 0 Å². The fourth-order valence-electron chi connectivity index (χ4n) is 4.89. The maximum Gasteiger partial charge on any atom is 0.228 e. The van der Waals surface area contributed by atoms with Gasteiger partial charge >= 0.3 is 0 Å². The number of hydrogen-bond acceptors (Lipinski definition) is 4. The maximum atomic E-state index is 13.3. The Hall–Kier alpha value is -2.76. The molecule has 1 aromatic heterocycles. The maximum absolute atomic E-state index is 13.3. The van der Waals surface area contributed by atoms with Gasteiger partial charge in [0.15, 0.2) is 5.82 Å². The first-order valence-corrected chi connectivity index (χ1v) is 11.9. The van der Waals surface area contributed by atoms with Crippen LogP contribution in [0.3, 0.4) is 0 Å². The first-order chi connectivity index (χ1) is 15.4. The third-order valence-electron chi connectivity index (χ3n) is 6.85. The number of carbonyl (C=O) groups is 2. The number of anilines is 1. The summed E-state index contributed by atoms with van der Waals surface area (Å²) in [6, 6.07) is 6.11. The first-order valence-electron chi connectivity index (χ1n) is 11.9. The molecule has 6 nitrogen and oxygen atoms in total. The summed E-state index contributed by atoms with van der Waals surface area (Å²) in [5, 5.41) is 0. The van der Waals surface area contributed by atoms with Crippen LogP contribution in [0.2, 0.25) is 0 Å². The van der Waals surface area contributed by atoms with Gasteiger partial charge in [0, 0.05) is 30.8 Å². The Bertz CT molecular complexity index is 1030. The van der Waals surface area contributed by atoms with Crippen molar-refractivity contribution in [3.63, 3.8) is 0 Å². The van der Waals surface area contributed by atoms with Gasteiger partial charge in [0.05, 0.1) is 12.5 Å². The summed E-state index contributed by atoms with van der Waals surface area (Å²) >= 11 is 0. The number of benzene rings is 1. The zero-order valence-electron chi connectivity index (χ0n) is 19.8. The fraction of sp³-hybridized carbons (Fsp3) is 0.538. The van der Waals surface area contributed by atoms with Crippen molar-refractivity contribution in [2.24, 2.45) is 0 Å². The van der Waals surface area contributed by atoms with Crippen LogP contribution in [0.25, 0.3) is 0 Å². The lowest BCUT2D eigenvalue weighted by atomic mass is 9.98. The van der Waals surface area contributed by atoms with E-state index in [4.69, 9.17) is 9.97 Å². The monoisotopic (exact) mass is 434 g/mol. The second-order valence-corrected chi connectivity index (χ2v) is 9.21. The molecule has 0 spiro atoms. The molecule has 0 unspecified atom stereocenters. The molecular weight excluding hydrogens is 400 g/mol. The Morgan fingerprint density at radius 3 is 2.66 bits per heavy atom. The molecule has 0 bridgehead atoms. The number of aryl methyl sites for hydroxylation is 3. The number of piperidine rings is 1. The third-order valence-corrected chi connectivity index (χ3v) is 6.85. The molecule has 2 aliphatic heterocycles. The van der Waals surface area contributed by atoms with Crippen LogP contribution in [-0.2, 0) is 22.4 Å². The lowest BCUT2D eigenvalue weighted by Crippen LogP contribution is -2.41. The van der Waals surface area contributed by atoms with Crippen LogP contribution >= 0.6 is 0 Å². The van der Waals surface area contributed by atoms with Crippen molar-refractivity contribution in [3.05, 3.63) is 52.0 Å². The van der Waals surface area contributed by atoms with E-state index in [0.717, 1.165) is 54.9 Å². The Morgan fingerprint density at radius 1 is 1.09 bits per heavy atom. The van der Waals surface area contributed by atoms with E-state index in [2.05, 4.69) is 32.9 Å². The van der Waals surface area contributed by atoms with Crippen LogP contribution in [0.5, 0.6) is 0 Å². The summed E-state index contributed by atoms with van der Waals surface area (Å²) in [6.45, 7) is 9.65. The normalized spacial score (nSPS) is 18.6. The smallest absolute Gasteiger partial charge is 0.228 e. The highest BCUT2D eigenvalue weighted by molar-refractivity contribution is 5.95. The summed E-state index contributed by atoms with van der Waals surface area (Å²) in [7, 11) is 0. The van der Waals surface area contributed by atoms with E-state index in [1.165, 1.54) is 11.1 Å². The van der Waals surface area contributed by atoms with Crippen molar-refractivity contribution in [3.8, 4) is 0 Å². The van der Waals surface area contributed by atoms with E-state index in [-0.39, 0.29) is 17.9 Å². The van der Waals surface area contributed by atoms with Crippen molar-refractivity contribution in [2.75, 3.05) is 18.0 Å². The van der Waals surface area contributed by atoms with Crippen molar-refractivity contribution < 1.29 is 9.59 Å². The number of aromatic nitrogens is 2. The summed E-state index contributed by atoms with van der Waals surface area (Å²) in [5.74, 6) is 1.70. The predicted octanol–water partition coefficient (Wildman–Crippen LogP) is 4.39. The highest BCUT2D eigenvalue weighted by Gasteiger charge is 2.33. The number of hydrogen-bond donors (Lipinski definition) is 0. The fourth-order valence-corrected chi connectivity index (χ4v) is 4.89. The second kappa shape index (κ2) is 9.39. The topological polar surface area (TPSA) is 66.4 Å². The van der Waals surface area contributed by atoms with Crippen molar-refractivity contribution in [1.82, 2.24) is 14.9 Å². The molecule has 1 saturated heterocycles. The minimum atomic E-state index is -0.132. The number of amides is 2. The zero-order valence-corrected chi connectivity index (χ0v) is 19.8. The van der Waals surface area contributed by atoms with Gasteiger partial charge in [-0.05, 0) is 69.6 Å². The lowest BCUT2D eigenvalue weighted by molar-refractivity contribution is -0.134. The van der Waals surface area contributed by atoms with E-state index in [0.29, 0.717) is 31.6 Å². The largest absolute Gasteiger partial charge is 0.332 e. The average Bonchev–Trinajstić information content (AvgIpc) is 2.78. The van der Waals surface area contributed by atoms with Crippen molar-refractivity contribution in [1.29, 1.82) is 0 Å². The van der Waals surface area contributed by atoms with Gasteiger partial charge in [0.25, 0.3) is 0 Å². The first kappa shape index (κ1) is 22.4.